The Hall–Kier alpha value is -2.36. The van der Waals surface area contributed by atoms with Crippen LogP contribution < -0.4 is 14.8 Å². The summed E-state index contributed by atoms with van der Waals surface area (Å²) < 4.78 is 48.9. The predicted molar refractivity (Wildman–Crippen MR) is 100 cm³/mol. The molecule has 1 fully saturated rings. The SMILES string of the molecule is CN=C(NCc1cc(OC)c(O)c(OC)c1)N1CCN(C(C)C(F)(F)F)CC1. The van der Waals surface area contributed by atoms with Crippen LogP contribution in [0.25, 0.3) is 0 Å². The fourth-order valence-electron chi connectivity index (χ4n) is 3.09. The first-order chi connectivity index (χ1) is 13.2. The number of phenolic OH excluding ortho intramolecular Hbond substituents is 1. The minimum Gasteiger partial charge on any atom is -0.502 e. The zero-order valence-electron chi connectivity index (χ0n) is 16.5. The van der Waals surface area contributed by atoms with Gasteiger partial charge in [0.05, 0.1) is 14.2 Å². The Bertz CT molecular complexity index is 664. The smallest absolute Gasteiger partial charge is 0.403 e. The zero-order chi connectivity index (χ0) is 20.9. The largest absolute Gasteiger partial charge is 0.502 e. The number of piperazine rings is 1. The second-order valence-electron chi connectivity index (χ2n) is 6.49. The second kappa shape index (κ2) is 9.22. The Balaban J connectivity index is 1.98. The van der Waals surface area contributed by atoms with Crippen LogP contribution in [0.4, 0.5) is 13.2 Å². The number of aromatic hydroxyl groups is 1. The number of hydrogen-bond acceptors (Lipinski definition) is 5. The van der Waals surface area contributed by atoms with Crippen LogP contribution in [0.2, 0.25) is 0 Å². The third-order valence-corrected chi connectivity index (χ3v) is 4.84. The number of halogens is 3. The van der Waals surface area contributed by atoms with Gasteiger partial charge in [-0.2, -0.15) is 13.2 Å². The van der Waals surface area contributed by atoms with Crippen molar-refractivity contribution in [1.82, 2.24) is 15.1 Å². The fraction of sp³-hybridized carbons (Fsp3) is 0.611. The second-order valence-corrected chi connectivity index (χ2v) is 6.49. The van der Waals surface area contributed by atoms with Crippen molar-refractivity contribution in [2.24, 2.45) is 4.99 Å². The number of nitrogens with zero attached hydrogens (tertiary/aromatic N) is 3. The highest BCUT2D eigenvalue weighted by atomic mass is 19.4. The Morgan fingerprint density at radius 2 is 1.71 bits per heavy atom. The van der Waals surface area contributed by atoms with Crippen molar-refractivity contribution in [3.8, 4) is 17.2 Å². The number of nitrogens with one attached hydrogen (secondary N) is 1. The molecule has 0 spiro atoms. The van der Waals surface area contributed by atoms with E-state index in [1.165, 1.54) is 26.0 Å². The summed E-state index contributed by atoms with van der Waals surface area (Å²) in [6, 6.07) is 1.91. The van der Waals surface area contributed by atoms with Crippen LogP contribution in [-0.4, -0.2) is 80.5 Å². The van der Waals surface area contributed by atoms with Gasteiger partial charge in [0.25, 0.3) is 0 Å². The van der Waals surface area contributed by atoms with Gasteiger partial charge in [0.1, 0.15) is 6.04 Å². The number of rotatable bonds is 5. The van der Waals surface area contributed by atoms with Crippen molar-refractivity contribution in [2.45, 2.75) is 25.7 Å². The van der Waals surface area contributed by atoms with E-state index in [0.717, 1.165) is 5.56 Å². The molecule has 28 heavy (non-hydrogen) atoms. The lowest BCUT2D eigenvalue weighted by Crippen LogP contribution is -2.56. The molecule has 158 valence electrons. The quantitative estimate of drug-likeness (QED) is 0.578. The van der Waals surface area contributed by atoms with Crippen molar-refractivity contribution >= 4 is 5.96 Å². The maximum Gasteiger partial charge on any atom is 0.403 e. The summed E-state index contributed by atoms with van der Waals surface area (Å²) in [4.78, 5) is 7.58. The van der Waals surface area contributed by atoms with Crippen LogP contribution >= 0.6 is 0 Å². The van der Waals surface area contributed by atoms with Gasteiger partial charge in [-0.05, 0) is 24.6 Å². The van der Waals surface area contributed by atoms with Gasteiger partial charge in [0.2, 0.25) is 5.75 Å². The average Bonchev–Trinajstić information content (AvgIpc) is 2.68. The minimum atomic E-state index is -4.22. The fourth-order valence-corrected chi connectivity index (χ4v) is 3.09. The summed E-state index contributed by atoms with van der Waals surface area (Å²) in [6.45, 7) is 3.09. The summed E-state index contributed by atoms with van der Waals surface area (Å²) in [6.07, 6.45) is -4.22. The number of benzene rings is 1. The van der Waals surface area contributed by atoms with E-state index in [4.69, 9.17) is 9.47 Å². The Labute approximate surface area is 162 Å². The number of aliphatic imine (C=N–C) groups is 1. The van der Waals surface area contributed by atoms with Gasteiger partial charge in [-0.15, -0.1) is 0 Å². The van der Waals surface area contributed by atoms with Gasteiger partial charge in [-0.1, -0.05) is 0 Å². The molecular formula is C18H27F3N4O3. The molecule has 0 saturated carbocycles. The molecule has 0 aliphatic carbocycles. The van der Waals surface area contributed by atoms with Gasteiger partial charge >= 0.3 is 6.18 Å². The van der Waals surface area contributed by atoms with Crippen LogP contribution in [0.15, 0.2) is 17.1 Å². The molecule has 1 aliphatic rings. The number of alkyl halides is 3. The minimum absolute atomic E-state index is 0.0759. The average molecular weight is 404 g/mol. The van der Waals surface area contributed by atoms with Gasteiger partial charge in [-0.25, -0.2) is 0 Å². The predicted octanol–water partition coefficient (Wildman–Crippen LogP) is 2.05. The molecule has 1 atom stereocenters. The summed E-state index contributed by atoms with van der Waals surface area (Å²) in [5, 5.41) is 13.2. The van der Waals surface area contributed by atoms with Crippen LogP contribution in [0.1, 0.15) is 12.5 Å². The molecule has 1 heterocycles. The Morgan fingerprint density at radius 3 is 2.14 bits per heavy atom. The number of phenols is 1. The van der Waals surface area contributed by atoms with E-state index in [1.54, 1.807) is 19.2 Å². The number of guanidine groups is 1. The lowest BCUT2D eigenvalue weighted by Gasteiger charge is -2.39. The standard InChI is InChI=1S/C18H27F3N4O3/c1-12(18(19,20)21)24-5-7-25(8-6-24)17(22-2)23-11-13-9-14(27-3)16(26)15(10-13)28-4/h9-10,12,26H,5-8,11H2,1-4H3,(H,22,23). The molecule has 1 aliphatic heterocycles. The highest BCUT2D eigenvalue weighted by Crippen LogP contribution is 2.37. The van der Waals surface area contributed by atoms with Crippen LogP contribution in [0.3, 0.4) is 0 Å². The Morgan fingerprint density at radius 1 is 1.18 bits per heavy atom. The lowest BCUT2D eigenvalue weighted by molar-refractivity contribution is -0.181. The van der Waals surface area contributed by atoms with Crippen LogP contribution in [0, 0.1) is 0 Å². The van der Waals surface area contributed by atoms with Gasteiger partial charge in [0.15, 0.2) is 17.5 Å². The first-order valence-corrected chi connectivity index (χ1v) is 8.91. The van der Waals surface area contributed by atoms with E-state index < -0.39 is 12.2 Å². The molecular weight excluding hydrogens is 377 g/mol. The lowest BCUT2D eigenvalue weighted by atomic mass is 10.2. The topological polar surface area (TPSA) is 69.6 Å². The molecule has 7 nitrogen and oxygen atoms in total. The molecule has 0 aromatic heterocycles. The number of hydrogen-bond donors (Lipinski definition) is 2. The molecule has 1 unspecified atom stereocenters. The maximum atomic E-state index is 12.9. The highest BCUT2D eigenvalue weighted by molar-refractivity contribution is 5.80. The van der Waals surface area contributed by atoms with Gasteiger partial charge < -0.3 is 24.8 Å². The van der Waals surface area contributed by atoms with Crippen molar-refractivity contribution in [3.63, 3.8) is 0 Å². The van der Waals surface area contributed by atoms with E-state index >= 15 is 0 Å². The third-order valence-electron chi connectivity index (χ3n) is 4.84. The van der Waals surface area contributed by atoms with Crippen LogP contribution in [0.5, 0.6) is 17.2 Å². The summed E-state index contributed by atoms with van der Waals surface area (Å²) >= 11 is 0. The number of methoxy groups -OCH3 is 2. The van der Waals surface area contributed by atoms with Crippen molar-refractivity contribution in [3.05, 3.63) is 17.7 Å². The highest BCUT2D eigenvalue weighted by Gasteiger charge is 2.41. The van der Waals surface area contributed by atoms with Crippen molar-refractivity contribution in [1.29, 1.82) is 0 Å². The van der Waals surface area contributed by atoms with E-state index in [0.29, 0.717) is 50.2 Å². The van der Waals surface area contributed by atoms with E-state index in [-0.39, 0.29) is 5.75 Å². The third kappa shape index (κ3) is 5.12. The molecule has 2 N–H and O–H groups in total. The zero-order valence-corrected chi connectivity index (χ0v) is 16.5. The Kier molecular flexibility index (Phi) is 7.22. The first kappa shape index (κ1) is 21.9. The normalized spacial score (nSPS) is 17.4. The van der Waals surface area contributed by atoms with Gasteiger partial charge in [-0.3, -0.25) is 9.89 Å². The molecule has 0 amide bonds. The molecule has 1 aromatic rings. The molecule has 10 heteroatoms. The molecule has 1 aromatic carbocycles. The molecule has 0 radical (unpaired) electrons. The van der Waals surface area contributed by atoms with Crippen LogP contribution in [-0.2, 0) is 6.54 Å². The van der Waals surface area contributed by atoms with Gasteiger partial charge in [0, 0.05) is 39.8 Å². The summed E-state index contributed by atoms with van der Waals surface area (Å²) in [5.74, 6) is 1.11. The number of ether oxygens (including phenoxy) is 2. The van der Waals surface area contributed by atoms with Crippen molar-refractivity contribution in [2.75, 3.05) is 47.4 Å². The maximum absolute atomic E-state index is 12.9. The summed E-state index contributed by atoms with van der Waals surface area (Å²) in [5.41, 5.74) is 0.803. The first-order valence-electron chi connectivity index (χ1n) is 8.91. The monoisotopic (exact) mass is 404 g/mol. The molecule has 2 rings (SSSR count). The van der Waals surface area contributed by atoms with E-state index in [2.05, 4.69) is 10.3 Å². The van der Waals surface area contributed by atoms with E-state index in [9.17, 15) is 18.3 Å². The van der Waals surface area contributed by atoms with E-state index in [1.807, 2.05) is 4.90 Å². The van der Waals surface area contributed by atoms with Crippen molar-refractivity contribution < 1.29 is 27.8 Å². The molecule has 1 saturated heterocycles. The summed E-state index contributed by atoms with van der Waals surface area (Å²) in [7, 11) is 4.53. The molecule has 0 bridgehead atoms.